The van der Waals surface area contributed by atoms with Crippen molar-refractivity contribution in [2.75, 3.05) is 38.3 Å². The second-order valence-electron chi connectivity index (χ2n) is 7.70. The molecule has 0 aliphatic carbocycles. The highest BCUT2D eigenvalue weighted by molar-refractivity contribution is 5.85. The van der Waals surface area contributed by atoms with Crippen LogP contribution in [0.4, 0.5) is 5.82 Å². The van der Waals surface area contributed by atoms with Gasteiger partial charge in [-0.3, -0.25) is 9.59 Å². The van der Waals surface area contributed by atoms with Crippen LogP contribution in [-0.2, 0) is 23.8 Å². The maximum atomic E-state index is 12.8. The van der Waals surface area contributed by atoms with Crippen LogP contribution in [0.5, 0.6) is 0 Å². The minimum atomic E-state index is -1.23. The lowest BCUT2D eigenvalue weighted by Gasteiger charge is -2.33. The molecule has 1 aromatic carbocycles. The molecule has 1 aliphatic rings. The lowest BCUT2D eigenvalue weighted by molar-refractivity contribution is -0.151. The Hall–Kier alpha value is -3.25. The fourth-order valence-corrected chi connectivity index (χ4v) is 3.78. The van der Waals surface area contributed by atoms with E-state index < -0.39 is 18.0 Å². The number of benzene rings is 1. The van der Waals surface area contributed by atoms with Gasteiger partial charge in [0.1, 0.15) is 11.8 Å². The number of fused-ring (bicyclic) bond motifs is 1. The molecule has 2 aromatic rings. The summed E-state index contributed by atoms with van der Waals surface area (Å²) in [6.45, 7) is 5.14. The molecule has 1 fully saturated rings. The first-order valence-electron chi connectivity index (χ1n) is 10.8. The van der Waals surface area contributed by atoms with Crippen molar-refractivity contribution < 1.29 is 23.8 Å². The second-order valence-corrected chi connectivity index (χ2v) is 7.70. The average molecular weight is 441 g/mol. The van der Waals surface area contributed by atoms with E-state index in [2.05, 4.69) is 4.98 Å². The molecule has 0 amide bonds. The molecule has 1 saturated heterocycles. The molecule has 1 aliphatic heterocycles. The van der Waals surface area contributed by atoms with Gasteiger partial charge in [0, 0.05) is 20.2 Å². The third-order valence-corrected chi connectivity index (χ3v) is 5.35. The Morgan fingerprint density at radius 3 is 2.47 bits per heavy atom. The number of nitriles is 1. The van der Waals surface area contributed by atoms with Crippen molar-refractivity contribution >= 4 is 28.8 Å². The zero-order chi connectivity index (χ0) is 23.1. The maximum absolute atomic E-state index is 12.8. The zero-order valence-electron chi connectivity index (χ0n) is 18.6. The van der Waals surface area contributed by atoms with Crippen molar-refractivity contribution in [3.05, 3.63) is 30.0 Å². The van der Waals surface area contributed by atoms with Gasteiger partial charge in [-0.2, -0.15) is 5.26 Å². The van der Waals surface area contributed by atoms with E-state index in [-0.39, 0.29) is 24.2 Å². The number of piperidine rings is 1. The summed E-state index contributed by atoms with van der Waals surface area (Å²) >= 11 is 0. The summed E-state index contributed by atoms with van der Waals surface area (Å²) in [7, 11) is 1.51. The number of esters is 2. The molecule has 0 unspecified atom stereocenters. The number of carbonyl (C=O) groups excluding carboxylic acids is 2. The third kappa shape index (κ3) is 5.32. The molecule has 170 valence electrons. The number of carbonyl (C=O) groups is 2. The van der Waals surface area contributed by atoms with Gasteiger partial charge in [0.15, 0.2) is 11.7 Å². The van der Waals surface area contributed by atoms with Crippen LogP contribution in [0.3, 0.4) is 0 Å². The van der Waals surface area contributed by atoms with Crippen LogP contribution >= 0.6 is 0 Å². The van der Waals surface area contributed by atoms with Crippen molar-refractivity contribution in [3.63, 3.8) is 0 Å². The normalized spacial score (nSPS) is 16.2. The van der Waals surface area contributed by atoms with Crippen LogP contribution in [0.25, 0.3) is 11.0 Å². The Labute approximate surface area is 187 Å². The van der Waals surface area contributed by atoms with Crippen LogP contribution in [0.2, 0.25) is 0 Å². The summed E-state index contributed by atoms with van der Waals surface area (Å²) in [6, 6.07) is 9.34. The molecule has 32 heavy (non-hydrogen) atoms. The topological polar surface area (TPSA) is 115 Å². The van der Waals surface area contributed by atoms with Gasteiger partial charge in [0.05, 0.1) is 36.2 Å². The zero-order valence-corrected chi connectivity index (χ0v) is 18.6. The number of hydrogen-bond donors (Lipinski definition) is 0. The van der Waals surface area contributed by atoms with E-state index in [1.165, 1.54) is 7.11 Å². The Balaban J connectivity index is 1.92. The number of rotatable bonds is 8. The molecule has 0 N–H and O–H groups in total. The van der Waals surface area contributed by atoms with Crippen LogP contribution < -0.4 is 4.90 Å². The van der Waals surface area contributed by atoms with Gasteiger partial charge in [0.2, 0.25) is 0 Å². The number of ether oxygens (including phenoxy) is 3. The largest absolute Gasteiger partial charge is 0.466 e. The lowest BCUT2D eigenvalue weighted by Crippen LogP contribution is -2.38. The quantitative estimate of drug-likeness (QED) is 0.571. The summed E-state index contributed by atoms with van der Waals surface area (Å²) in [5.41, 5.74) is 1.51. The smallest absolute Gasteiger partial charge is 0.330 e. The highest BCUT2D eigenvalue weighted by Crippen LogP contribution is 2.31. The highest BCUT2D eigenvalue weighted by atomic mass is 16.6. The number of para-hydroxylation sites is 2. The van der Waals surface area contributed by atoms with Crippen molar-refractivity contribution in [2.24, 2.45) is 5.92 Å². The molecule has 0 radical (unpaired) electrons. The van der Waals surface area contributed by atoms with Crippen LogP contribution in [-0.4, -0.2) is 61.4 Å². The molecule has 9 heteroatoms. The van der Waals surface area contributed by atoms with Gasteiger partial charge in [-0.05, 0) is 38.8 Å². The first kappa shape index (κ1) is 23.4. The molecule has 0 saturated carbocycles. The standard InChI is InChI=1S/C23H28N4O5/c1-4-31-22(28)16-9-11-27(12-10-16)21-20(25-18-7-5-6-8-19(18)26-21)17(13-24)23(29)32-15(2)14-30-3/h5-8,15-17H,4,9-12,14H2,1-3H3/t15-,17-/m0/s1. The van der Waals surface area contributed by atoms with Crippen LogP contribution in [0.1, 0.15) is 38.3 Å². The predicted octanol–water partition coefficient (Wildman–Crippen LogP) is 2.59. The summed E-state index contributed by atoms with van der Waals surface area (Å²) in [4.78, 5) is 36.2. The minimum Gasteiger partial charge on any atom is -0.466 e. The number of aromatic nitrogens is 2. The van der Waals surface area contributed by atoms with Gasteiger partial charge in [-0.15, -0.1) is 0 Å². The SMILES string of the molecule is CCOC(=O)C1CCN(c2nc3ccccc3nc2[C@H](C#N)C(=O)O[C@@H](C)COC)CC1. The highest BCUT2D eigenvalue weighted by Gasteiger charge is 2.33. The van der Waals surface area contributed by atoms with E-state index in [4.69, 9.17) is 19.2 Å². The van der Waals surface area contributed by atoms with Gasteiger partial charge < -0.3 is 19.1 Å². The van der Waals surface area contributed by atoms with Gasteiger partial charge in [-0.25, -0.2) is 9.97 Å². The summed E-state index contributed by atoms with van der Waals surface area (Å²) in [5, 5.41) is 9.83. The Kier molecular flexibility index (Phi) is 7.95. The molecular formula is C23H28N4O5. The van der Waals surface area contributed by atoms with E-state index in [0.717, 1.165) is 0 Å². The fraction of sp³-hybridized carbons (Fsp3) is 0.522. The van der Waals surface area contributed by atoms with Gasteiger partial charge in [0.25, 0.3) is 0 Å². The van der Waals surface area contributed by atoms with E-state index in [9.17, 15) is 14.9 Å². The Morgan fingerprint density at radius 2 is 1.88 bits per heavy atom. The molecule has 2 heterocycles. The summed E-state index contributed by atoms with van der Waals surface area (Å²) in [6.07, 6.45) is 0.694. The third-order valence-electron chi connectivity index (χ3n) is 5.35. The maximum Gasteiger partial charge on any atom is 0.330 e. The van der Waals surface area contributed by atoms with E-state index >= 15 is 0 Å². The van der Waals surface area contributed by atoms with E-state index in [1.807, 2.05) is 29.2 Å². The molecule has 0 spiro atoms. The summed E-state index contributed by atoms with van der Waals surface area (Å²) in [5.74, 6) is -1.82. The molecule has 9 nitrogen and oxygen atoms in total. The number of nitrogens with zero attached hydrogens (tertiary/aromatic N) is 4. The monoisotopic (exact) mass is 440 g/mol. The van der Waals surface area contributed by atoms with Gasteiger partial charge >= 0.3 is 11.9 Å². The molecular weight excluding hydrogens is 412 g/mol. The first-order chi connectivity index (χ1) is 15.5. The van der Waals surface area contributed by atoms with E-state index in [0.29, 0.717) is 49.4 Å². The number of anilines is 1. The average Bonchev–Trinajstić information content (AvgIpc) is 2.79. The second kappa shape index (κ2) is 10.9. The predicted molar refractivity (Wildman–Crippen MR) is 117 cm³/mol. The van der Waals surface area contributed by atoms with E-state index in [1.54, 1.807) is 19.9 Å². The number of hydrogen-bond acceptors (Lipinski definition) is 9. The van der Waals surface area contributed by atoms with Crippen LogP contribution in [0.15, 0.2) is 24.3 Å². The van der Waals surface area contributed by atoms with Crippen molar-refractivity contribution in [1.29, 1.82) is 5.26 Å². The Bertz CT molecular complexity index is 998. The van der Waals surface area contributed by atoms with Crippen molar-refractivity contribution in [1.82, 2.24) is 9.97 Å². The van der Waals surface area contributed by atoms with Gasteiger partial charge in [-0.1, -0.05) is 12.1 Å². The molecule has 0 bridgehead atoms. The molecule has 2 atom stereocenters. The van der Waals surface area contributed by atoms with Crippen molar-refractivity contribution in [3.8, 4) is 6.07 Å². The Morgan fingerprint density at radius 1 is 1.22 bits per heavy atom. The lowest BCUT2D eigenvalue weighted by atomic mass is 9.96. The fourth-order valence-electron chi connectivity index (χ4n) is 3.78. The first-order valence-corrected chi connectivity index (χ1v) is 10.8. The number of methoxy groups -OCH3 is 1. The van der Waals surface area contributed by atoms with Crippen LogP contribution in [0, 0.1) is 17.2 Å². The molecule has 3 rings (SSSR count). The minimum absolute atomic E-state index is 0.172. The van der Waals surface area contributed by atoms with Crippen molar-refractivity contribution in [2.45, 2.75) is 38.7 Å². The summed E-state index contributed by atoms with van der Waals surface area (Å²) < 4.78 is 15.6. The molecule has 1 aromatic heterocycles.